The van der Waals surface area contributed by atoms with Crippen LogP contribution in [-0.4, -0.2) is 40.9 Å². The molecule has 1 aliphatic heterocycles. The quantitative estimate of drug-likeness (QED) is 0.243. The number of rotatable bonds is 7. The third-order valence-corrected chi connectivity index (χ3v) is 9.11. The lowest BCUT2D eigenvalue weighted by Crippen LogP contribution is -2.56. The molecule has 3 amide bonds. The lowest BCUT2D eigenvalue weighted by molar-refractivity contribution is -0.137. The molecule has 0 aliphatic carbocycles. The Morgan fingerprint density at radius 3 is 2.34 bits per heavy atom. The predicted octanol–water partition coefficient (Wildman–Crippen LogP) is 6.12. The van der Waals surface area contributed by atoms with Gasteiger partial charge in [0.15, 0.2) is 0 Å². The molecule has 2 unspecified atom stereocenters. The van der Waals surface area contributed by atoms with Gasteiger partial charge in [0, 0.05) is 37.2 Å². The fourth-order valence-corrected chi connectivity index (χ4v) is 6.46. The van der Waals surface area contributed by atoms with Crippen LogP contribution in [0, 0.1) is 17.5 Å². The first-order chi connectivity index (χ1) is 18.2. The van der Waals surface area contributed by atoms with E-state index in [1.807, 2.05) is 24.0 Å². The molecule has 9 heteroatoms. The van der Waals surface area contributed by atoms with Gasteiger partial charge in [-0.2, -0.15) is 0 Å². The Hall–Kier alpha value is -3.08. The molecule has 0 saturated carbocycles. The van der Waals surface area contributed by atoms with Crippen molar-refractivity contribution < 1.29 is 22.8 Å². The van der Waals surface area contributed by atoms with E-state index in [-0.39, 0.29) is 23.8 Å². The van der Waals surface area contributed by atoms with Crippen molar-refractivity contribution in [1.29, 1.82) is 0 Å². The second kappa shape index (κ2) is 11.8. The van der Waals surface area contributed by atoms with Gasteiger partial charge in [-0.1, -0.05) is 59.0 Å². The van der Waals surface area contributed by atoms with Gasteiger partial charge >= 0.3 is 6.03 Å². The van der Waals surface area contributed by atoms with Crippen molar-refractivity contribution in [3.05, 3.63) is 95.3 Å². The molecule has 1 aliphatic rings. The van der Waals surface area contributed by atoms with E-state index in [0.29, 0.717) is 37.1 Å². The molecule has 200 valence electrons. The van der Waals surface area contributed by atoms with E-state index in [4.69, 9.17) is 0 Å². The molecular formula is C29H29F3IN3O2. The minimum Gasteiger partial charge on any atom is -0.341 e. The number of amides is 3. The molecule has 1 saturated heterocycles. The third kappa shape index (κ3) is 5.67. The van der Waals surface area contributed by atoms with Crippen molar-refractivity contribution in [1.82, 2.24) is 15.5 Å². The molecule has 4 rings (SSSR count). The molecule has 5 nitrogen and oxygen atoms in total. The van der Waals surface area contributed by atoms with Gasteiger partial charge in [-0.25, -0.2) is 18.0 Å². The van der Waals surface area contributed by atoms with Crippen molar-refractivity contribution in [2.45, 2.75) is 35.1 Å². The highest BCUT2D eigenvalue weighted by atomic mass is 127. The summed E-state index contributed by atoms with van der Waals surface area (Å²) in [5.41, 5.74) is 2.11. The van der Waals surface area contributed by atoms with Crippen molar-refractivity contribution in [3.63, 3.8) is 0 Å². The second-order valence-corrected chi connectivity index (χ2v) is 10.7. The summed E-state index contributed by atoms with van der Waals surface area (Å²) in [6, 6.07) is 16.4. The highest BCUT2D eigenvalue weighted by molar-refractivity contribution is 14.1. The summed E-state index contributed by atoms with van der Waals surface area (Å²) >= 11 is 2.18. The third-order valence-electron chi connectivity index (χ3n) is 7.39. The Kier molecular flexibility index (Phi) is 8.64. The summed E-state index contributed by atoms with van der Waals surface area (Å²) in [5, 5.41) is 5.33. The molecule has 0 aromatic heterocycles. The Morgan fingerprint density at radius 2 is 1.71 bits per heavy atom. The fourth-order valence-electron chi connectivity index (χ4n) is 5.12. The zero-order valence-corrected chi connectivity index (χ0v) is 23.3. The monoisotopic (exact) mass is 635 g/mol. The van der Waals surface area contributed by atoms with Crippen molar-refractivity contribution >= 4 is 34.5 Å². The van der Waals surface area contributed by atoms with Gasteiger partial charge in [0.2, 0.25) is 5.91 Å². The number of hydrogen-bond donors (Lipinski definition) is 2. The molecule has 0 bridgehead atoms. The number of halogens is 4. The van der Waals surface area contributed by atoms with Gasteiger partial charge in [-0.15, -0.1) is 0 Å². The highest BCUT2D eigenvalue weighted by Crippen LogP contribution is 2.45. The minimum absolute atomic E-state index is 0.0396. The largest absolute Gasteiger partial charge is 0.341 e. The van der Waals surface area contributed by atoms with E-state index in [1.165, 1.54) is 31.3 Å². The van der Waals surface area contributed by atoms with Crippen LogP contribution < -0.4 is 10.6 Å². The van der Waals surface area contributed by atoms with Gasteiger partial charge in [-0.05, 0) is 60.7 Å². The van der Waals surface area contributed by atoms with Gasteiger partial charge in [0.1, 0.15) is 17.5 Å². The maximum Gasteiger partial charge on any atom is 0.314 e. The first-order valence-corrected chi connectivity index (χ1v) is 13.6. The maximum absolute atomic E-state index is 14.2. The normalized spacial score (nSPS) is 20.2. The summed E-state index contributed by atoms with van der Waals surface area (Å²) < 4.78 is 40.8. The van der Waals surface area contributed by atoms with Crippen LogP contribution in [0.15, 0.2) is 66.7 Å². The molecule has 3 aromatic carbocycles. The van der Waals surface area contributed by atoms with E-state index in [0.717, 1.165) is 17.2 Å². The lowest BCUT2D eigenvalue weighted by atomic mass is 9.69. The van der Waals surface area contributed by atoms with E-state index in [9.17, 15) is 22.8 Å². The first-order valence-electron chi connectivity index (χ1n) is 12.4. The number of carbonyl (C=O) groups excluding carboxylic acids is 2. The van der Waals surface area contributed by atoms with Crippen LogP contribution in [0.5, 0.6) is 0 Å². The second-order valence-electron chi connectivity index (χ2n) is 9.49. The Labute approximate surface area is 233 Å². The number of urea groups is 1. The smallest absolute Gasteiger partial charge is 0.314 e. The van der Waals surface area contributed by atoms with Crippen molar-refractivity contribution in [2.75, 3.05) is 20.1 Å². The van der Waals surface area contributed by atoms with Crippen LogP contribution >= 0.6 is 22.6 Å². The van der Waals surface area contributed by atoms with Crippen LogP contribution in [0.3, 0.4) is 0 Å². The standard InChI is InChI=1S/C29H29F3IN3O2/c1-18(19-3-5-20(6-4-19)24-12-11-23(31)17-25(24)32)36-16-14-29(26(33)27(36)37,13-15-35-28(38)34-2)21-7-9-22(30)10-8-21/h3-12,17-18,26H,13-16H2,1-2H3,(H2,34,35,38)/t18-,26?,29?/m0/s1. The minimum atomic E-state index is -0.632. The number of nitrogens with zero attached hydrogens (tertiary/aromatic N) is 1. The number of nitrogens with one attached hydrogen (secondary N) is 2. The number of alkyl halides is 1. The van der Waals surface area contributed by atoms with Crippen LogP contribution in [-0.2, 0) is 10.2 Å². The SMILES string of the molecule is CNC(=O)NCCC1(c2ccc(F)cc2)CCN([C@@H](C)c2ccc(-c3ccc(F)cc3F)cc2)C(=O)C1I. The van der Waals surface area contributed by atoms with E-state index >= 15 is 0 Å². The van der Waals surface area contributed by atoms with Crippen LogP contribution in [0.1, 0.15) is 36.9 Å². The summed E-state index contributed by atoms with van der Waals surface area (Å²) in [7, 11) is 1.54. The topological polar surface area (TPSA) is 61.4 Å². The van der Waals surface area contributed by atoms with Crippen LogP contribution in [0.4, 0.5) is 18.0 Å². The van der Waals surface area contributed by atoms with Crippen LogP contribution in [0.2, 0.25) is 0 Å². The van der Waals surface area contributed by atoms with E-state index in [2.05, 4.69) is 33.2 Å². The van der Waals surface area contributed by atoms with Gasteiger partial charge < -0.3 is 15.5 Å². The molecule has 1 fully saturated rings. The van der Waals surface area contributed by atoms with Crippen molar-refractivity contribution in [2.24, 2.45) is 0 Å². The fraction of sp³-hybridized carbons (Fsp3) is 0.310. The molecule has 38 heavy (non-hydrogen) atoms. The van der Waals surface area contributed by atoms with Crippen molar-refractivity contribution in [3.8, 4) is 11.1 Å². The highest BCUT2D eigenvalue weighted by Gasteiger charge is 2.48. The molecule has 0 radical (unpaired) electrons. The van der Waals surface area contributed by atoms with E-state index < -0.39 is 21.0 Å². The molecular weight excluding hydrogens is 606 g/mol. The summed E-state index contributed by atoms with van der Waals surface area (Å²) in [6.45, 7) is 2.79. The summed E-state index contributed by atoms with van der Waals surface area (Å²) in [4.78, 5) is 27.4. The molecule has 3 atom stereocenters. The predicted molar refractivity (Wildman–Crippen MR) is 150 cm³/mol. The maximum atomic E-state index is 14.2. The summed E-state index contributed by atoms with van der Waals surface area (Å²) in [5.74, 6) is -1.65. The molecule has 0 spiro atoms. The zero-order valence-electron chi connectivity index (χ0n) is 21.1. The van der Waals surface area contributed by atoms with Gasteiger partial charge in [-0.3, -0.25) is 4.79 Å². The zero-order chi connectivity index (χ0) is 27.4. The first kappa shape index (κ1) is 27.9. The number of piperidine rings is 1. The molecule has 3 aromatic rings. The average molecular weight is 635 g/mol. The van der Waals surface area contributed by atoms with Gasteiger partial charge in [0.05, 0.1) is 9.97 Å². The number of likely N-dealkylation sites (tertiary alicyclic amines) is 1. The molecule has 2 N–H and O–H groups in total. The number of carbonyl (C=O) groups is 2. The number of hydrogen-bond acceptors (Lipinski definition) is 2. The molecule has 1 heterocycles. The summed E-state index contributed by atoms with van der Waals surface area (Å²) in [6.07, 6.45) is 1.15. The van der Waals surface area contributed by atoms with E-state index in [1.54, 1.807) is 24.3 Å². The van der Waals surface area contributed by atoms with Gasteiger partial charge in [0.25, 0.3) is 0 Å². The Morgan fingerprint density at radius 1 is 1.05 bits per heavy atom. The Balaban J connectivity index is 1.55. The average Bonchev–Trinajstić information content (AvgIpc) is 2.91. The van der Waals surface area contributed by atoms with Crippen LogP contribution in [0.25, 0.3) is 11.1 Å². The lowest BCUT2D eigenvalue weighted by Gasteiger charge is -2.47. The number of benzene rings is 3. The Bertz CT molecular complexity index is 1300.